The number of benzene rings is 2. The summed E-state index contributed by atoms with van der Waals surface area (Å²) in [6, 6.07) is 18.5. The average molecular weight is 257 g/mol. The molecule has 1 atom stereocenters. The minimum absolute atomic E-state index is 0.108. The molecule has 4 rings (SSSR count). The zero-order chi connectivity index (χ0) is 13.5. The molecule has 0 spiro atoms. The number of nitriles is 1. The van der Waals surface area contributed by atoms with E-state index < -0.39 is 0 Å². The zero-order valence-electron chi connectivity index (χ0n) is 10.7. The second-order valence-electron chi connectivity index (χ2n) is 4.91. The van der Waals surface area contributed by atoms with Gasteiger partial charge in [0.15, 0.2) is 0 Å². The third kappa shape index (κ3) is 1.42. The van der Waals surface area contributed by atoms with Crippen molar-refractivity contribution in [2.45, 2.75) is 6.04 Å². The van der Waals surface area contributed by atoms with Gasteiger partial charge in [0.25, 0.3) is 0 Å². The number of aromatic nitrogens is 2. The molecular weight excluding hydrogens is 246 g/mol. The summed E-state index contributed by atoms with van der Waals surface area (Å²) in [7, 11) is 0. The van der Waals surface area contributed by atoms with Crippen LogP contribution in [-0.4, -0.2) is 9.55 Å². The summed E-state index contributed by atoms with van der Waals surface area (Å²) >= 11 is 0. The summed E-state index contributed by atoms with van der Waals surface area (Å²) in [5.74, 6) is 0. The van der Waals surface area contributed by atoms with Crippen molar-refractivity contribution in [2.75, 3.05) is 0 Å². The van der Waals surface area contributed by atoms with Gasteiger partial charge in [-0.25, -0.2) is 4.98 Å². The maximum absolute atomic E-state index is 9.09. The van der Waals surface area contributed by atoms with Crippen LogP contribution in [0.2, 0.25) is 0 Å². The molecule has 1 aliphatic heterocycles. The highest BCUT2D eigenvalue weighted by atomic mass is 15.1. The van der Waals surface area contributed by atoms with Crippen LogP contribution in [0.1, 0.15) is 22.7 Å². The van der Waals surface area contributed by atoms with Gasteiger partial charge in [0.1, 0.15) is 0 Å². The average Bonchev–Trinajstić information content (AvgIpc) is 3.07. The molecule has 0 fully saturated rings. The van der Waals surface area contributed by atoms with Crippen molar-refractivity contribution in [3.8, 4) is 17.3 Å². The molecule has 0 aliphatic carbocycles. The topological polar surface area (TPSA) is 41.6 Å². The van der Waals surface area contributed by atoms with Gasteiger partial charge in [-0.15, -0.1) is 0 Å². The normalized spacial score (nSPS) is 15.4. The molecule has 0 radical (unpaired) electrons. The van der Waals surface area contributed by atoms with Gasteiger partial charge in [0, 0.05) is 5.56 Å². The maximum atomic E-state index is 9.09. The Balaban J connectivity index is 1.97. The lowest BCUT2D eigenvalue weighted by molar-refractivity contribution is 0.711. The summed E-state index contributed by atoms with van der Waals surface area (Å²) in [6.07, 6.45) is 3.76. The Hall–Kier alpha value is -2.86. The van der Waals surface area contributed by atoms with Crippen molar-refractivity contribution < 1.29 is 0 Å². The summed E-state index contributed by atoms with van der Waals surface area (Å²) in [4.78, 5) is 4.26. The van der Waals surface area contributed by atoms with E-state index in [9.17, 15) is 0 Å². The molecule has 0 saturated carbocycles. The molecule has 2 heterocycles. The molecule has 94 valence electrons. The second kappa shape index (κ2) is 4.07. The highest BCUT2D eigenvalue weighted by Gasteiger charge is 2.29. The number of nitrogens with zero attached hydrogens (tertiary/aromatic N) is 3. The van der Waals surface area contributed by atoms with Crippen LogP contribution in [0, 0.1) is 11.3 Å². The van der Waals surface area contributed by atoms with Gasteiger partial charge >= 0.3 is 0 Å². The fourth-order valence-corrected chi connectivity index (χ4v) is 2.96. The van der Waals surface area contributed by atoms with Crippen molar-refractivity contribution in [1.29, 1.82) is 5.26 Å². The lowest BCUT2D eigenvalue weighted by Crippen LogP contribution is -2.06. The number of hydrogen-bond acceptors (Lipinski definition) is 2. The monoisotopic (exact) mass is 257 g/mol. The van der Waals surface area contributed by atoms with E-state index in [4.69, 9.17) is 5.26 Å². The molecule has 3 nitrogen and oxygen atoms in total. The number of hydrogen-bond donors (Lipinski definition) is 0. The Morgan fingerprint density at radius 2 is 2.00 bits per heavy atom. The highest BCUT2D eigenvalue weighted by molar-refractivity contribution is 5.70. The van der Waals surface area contributed by atoms with Crippen LogP contribution in [0.4, 0.5) is 0 Å². The first-order valence-electron chi connectivity index (χ1n) is 6.49. The zero-order valence-corrected chi connectivity index (χ0v) is 10.7. The lowest BCUT2D eigenvalue weighted by Gasteiger charge is -2.15. The Morgan fingerprint density at radius 3 is 2.90 bits per heavy atom. The first-order valence-corrected chi connectivity index (χ1v) is 6.49. The van der Waals surface area contributed by atoms with Crippen LogP contribution >= 0.6 is 0 Å². The Morgan fingerprint density at radius 1 is 1.10 bits per heavy atom. The predicted molar refractivity (Wildman–Crippen MR) is 76.1 cm³/mol. The second-order valence-corrected chi connectivity index (χ2v) is 4.91. The Bertz CT molecular complexity index is 839. The van der Waals surface area contributed by atoms with E-state index >= 15 is 0 Å². The minimum atomic E-state index is 0.108. The first-order chi connectivity index (χ1) is 9.88. The van der Waals surface area contributed by atoms with E-state index in [2.05, 4.69) is 39.9 Å². The van der Waals surface area contributed by atoms with Crippen molar-refractivity contribution in [3.05, 3.63) is 77.7 Å². The summed E-state index contributed by atoms with van der Waals surface area (Å²) in [5, 5.41) is 9.09. The molecule has 1 aromatic heterocycles. The summed E-state index contributed by atoms with van der Waals surface area (Å²) in [6.45, 7) is 0. The fourth-order valence-electron chi connectivity index (χ4n) is 2.96. The van der Waals surface area contributed by atoms with Gasteiger partial charge in [0.2, 0.25) is 0 Å². The predicted octanol–water partition coefficient (Wildman–Crippen LogP) is 3.37. The Labute approximate surface area is 116 Å². The largest absolute Gasteiger partial charge is 0.319 e. The quantitative estimate of drug-likeness (QED) is 0.524. The van der Waals surface area contributed by atoms with Crippen LogP contribution in [0.25, 0.3) is 11.3 Å². The van der Waals surface area contributed by atoms with Gasteiger partial charge in [-0.2, -0.15) is 5.26 Å². The van der Waals surface area contributed by atoms with Crippen LogP contribution in [0.5, 0.6) is 0 Å². The maximum Gasteiger partial charge on any atom is 0.0991 e. The van der Waals surface area contributed by atoms with Crippen LogP contribution in [0.3, 0.4) is 0 Å². The van der Waals surface area contributed by atoms with E-state index in [1.165, 1.54) is 11.1 Å². The smallest absolute Gasteiger partial charge is 0.0991 e. The van der Waals surface area contributed by atoms with E-state index in [-0.39, 0.29) is 6.04 Å². The van der Waals surface area contributed by atoms with Gasteiger partial charge in [-0.3, -0.25) is 0 Å². The summed E-state index contributed by atoms with van der Waals surface area (Å²) in [5.41, 5.74) is 5.42. The standard InChI is InChI=1S/C17H11N3/c18-9-12-4-3-5-13(8-12)17-15-7-2-1-6-14(15)16-10-19-11-20(16)17/h1-8,10-11,17H. The van der Waals surface area contributed by atoms with Gasteiger partial charge in [-0.1, -0.05) is 36.4 Å². The highest BCUT2D eigenvalue weighted by Crippen LogP contribution is 2.42. The lowest BCUT2D eigenvalue weighted by atomic mass is 9.96. The van der Waals surface area contributed by atoms with Crippen LogP contribution in [-0.2, 0) is 0 Å². The molecule has 2 aromatic carbocycles. The van der Waals surface area contributed by atoms with E-state index in [1.54, 1.807) is 0 Å². The first kappa shape index (κ1) is 11.0. The van der Waals surface area contributed by atoms with Gasteiger partial charge < -0.3 is 4.57 Å². The van der Waals surface area contributed by atoms with E-state index in [0.29, 0.717) is 5.56 Å². The SMILES string of the molecule is N#Cc1cccc(C2c3ccccc3-c3cncn32)c1. The van der Waals surface area contributed by atoms with Gasteiger partial charge in [-0.05, 0) is 23.3 Å². The molecule has 3 heteroatoms. The van der Waals surface area contributed by atoms with Crippen LogP contribution < -0.4 is 0 Å². The minimum Gasteiger partial charge on any atom is -0.319 e. The number of imidazole rings is 1. The molecular formula is C17H11N3. The Kier molecular flexibility index (Phi) is 2.24. The molecule has 0 bridgehead atoms. The molecule has 3 aromatic rings. The van der Waals surface area contributed by atoms with Crippen molar-refractivity contribution >= 4 is 0 Å². The fraction of sp³-hybridized carbons (Fsp3) is 0.0588. The molecule has 1 unspecified atom stereocenters. The molecule has 20 heavy (non-hydrogen) atoms. The van der Waals surface area contributed by atoms with Crippen molar-refractivity contribution in [1.82, 2.24) is 9.55 Å². The molecule has 0 amide bonds. The molecule has 0 N–H and O–H groups in total. The number of rotatable bonds is 1. The third-order valence-corrected chi connectivity index (χ3v) is 3.81. The van der Waals surface area contributed by atoms with E-state index in [1.807, 2.05) is 36.8 Å². The van der Waals surface area contributed by atoms with Crippen molar-refractivity contribution in [3.63, 3.8) is 0 Å². The molecule has 1 aliphatic rings. The number of fused-ring (bicyclic) bond motifs is 3. The van der Waals surface area contributed by atoms with Crippen molar-refractivity contribution in [2.24, 2.45) is 0 Å². The van der Waals surface area contributed by atoms with Gasteiger partial charge in [0.05, 0.1) is 35.9 Å². The summed E-state index contributed by atoms with van der Waals surface area (Å²) < 4.78 is 2.17. The van der Waals surface area contributed by atoms with Crippen LogP contribution in [0.15, 0.2) is 61.1 Å². The van der Waals surface area contributed by atoms with E-state index in [0.717, 1.165) is 11.3 Å². The molecule has 0 saturated heterocycles. The third-order valence-electron chi connectivity index (χ3n) is 3.81.